The molecule has 0 heterocycles. The molecule has 124 valence electrons. The van der Waals surface area contributed by atoms with Crippen LogP contribution in [-0.4, -0.2) is 40.5 Å². The summed E-state index contributed by atoms with van der Waals surface area (Å²) in [5.74, 6) is 0. The summed E-state index contributed by atoms with van der Waals surface area (Å²) < 4.78 is 25.2. The maximum Gasteiger partial charge on any atom is 0.206 e. The minimum atomic E-state index is -3.46. The molecule has 0 saturated heterocycles. The van der Waals surface area contributed by atoms with E-state index in [0.717, 1.165) is 5.56 Å². The third-order valence-corrected chi connectivity index (χ3v) is 5.86. The second-order valence-electron chi connectivity index (χ2n) is 5.87. The van der Waals surface area contributed by atoms with Crippen LogP contribution in [0.4, 0.5) is 0 Å². The van der Waals surface area contributed by atoms with Crippen LogP contribution < -0.4 is 5.32 Å². The molecule has 23 heavy (non-hydrogen) atoms. The molecular formula is C18H24N2O2S. The highest BCUT2D eigenvalue weighted by molar-refractivity contribution is 7.91. The smallest absolute Gasteiger partial charge is 0.206 e. The second-order valence-corrected chi connectivity index (χ2v) is 7.82. The Labute approximate surface area is 139 Å². The van der Waals surface area contributed by atoms with Crippen LogP contribution in [0.25, 0.3) is 0 Å². The van der Waals surface area contributed by atoms with Crippen molar-refractivity contribution in [1.29, 1.82) is 0 Å². The minimum Gasteiger partial charge on any atom is -0.315 e. The van der Waals surface area contributed by atoms with E-state index in [2.05, 4.69) is 17.1 Å². The second kappa shape index (κ2) is 7.25. The van der Waals surface area contributed by atoms with Crippen LogP contribution in [0.3, 0.4) is 0 Å². The molecule has 0 aromatic heterocycles. The number of hydrogen-bond donors (Lipinski definition) is 1. The van der Waals surface area contributed by atoms with E-state index in [9.17, 15) is 8.42 Å². The van der Waals surface area contributed by atoms with Gasteiger partial charge in [0.05, 0.1) is 9.79 Å². The average Bonchev–Trinajstić information content (AvgIpc) is 2.56. The van der Waals surface area contributed by atoms with Gasteiger partial charge >= 0.3 is 0 Å². The first-order valence-electron chi connectivity index (χ1n) is 7.61. The van der Waals surface area contributed by atoms with Gasteiger partial charge < -0.3 is 10.2 Å². The van der Waals surface area contributed by atoms with Crippen molar-refractivity contribution in [2.24, 2.45) is 0 Å². The molecule has 0 radical (unpaired) electrons. The van der Waals surface area contributed by atoms with Gasteiger partial charge in [0.2, 0.25) is 9.84 Å². The third-order valence-electron chi connectivity index (χ3n) is 4.07. The summed E-state index contributed by atoms with van der Waals surface area (Å²) in [6, 6.07) is 16.1. The summed E-state index contributed by atoms with van der Waals surface area (Å²) in [6.45, 7) is 2.11. The molecule has 0 bridgehead atoms. The van der Waals surface area contributed by atoms with Gasteiger partial charge in [-0.1, -0.05) is 30.3 Å². The number of benzene rings is 2. The highest BCUT2D eigenvalue weighted by Crippen LogP contribution is 2.26. The molecule has 2 atom stereocenters. The monoisotopic (exact) mass is 332 g/mol. The number of nitrogens with zero attached hydrogens (tertiary/aromatic N) is 1. The van der Waals surface area contributed by atoms with Gasteiger partial charge in [0, 0.05) is 12.1 Å². The molecule has 0 aliphatic carbocycles. The molecule has 0 fully saturated rings. The molecule has 5 heteroatoms. The Morgan fingerprint density at radius 2 is 1.43 bits per heavy atom. The lowest BCUT2D eigenvalue weighted by Gasteiger charge is -2.30. The zero-order valence-corrected chi connectivity index (χ0v) is 14.8. The van der Waals surface area contributed by atoms with Crippen LogP contribution in [-0.2, 0) is 9.84 Å². The van der Waals surface area contributed by atoms with Crippen molar-refractivity contribution in [3.8, 4) is 0 Å². The van der Waals surface area contributed by atoms with Crippen LogP contribution in [0.5, 0.6) is 0 Å². The van der Waals surface area contributed by atoms with Crippen LogP contribution in [0.1, 0.15) is 18.5 Å². The maximum atomic E-state index is 12.6. The van der Waals surface area contributed by atoms with Gasteiger partial charge in [-0.3, -0.25) is 0 Å². The first kappa shape index (κ1) is 17.7. The summed E-state index contributed by atoms with van der Waals surface area (Å²) in [5.41, 5.74) is 1.09. The lowest BCUT2D eigenvalue weighted by molar-refractivity contribution is 0.247. The van der Waals surface area contributed by atoms with E-state index in [0.29, 0.717) is 9.79 Å². The zero-order chi connectivity index (χ0) is 17.0. The van der Waals surface area contributed by atoms with Crippen LogP contribution >= 0.6 is 0 Å². The summed E-state index contributed by atoms with van der Waals surface area (Å²) in [4.78, 5) is 2.77. The first-order chi connectivity index (χ1) is 10.9. The van der Waals surface area contributed by atoms with E-state index < -0.39 is 9.84 Å². The first-order valence-corrected chi connectivity index (χ1v) is 9.10. The summed E-state index contributed by atoms with van der Waals surface area (Å²) in [5, 5.41) is 3.26. The van der Waals surface area contributed by atoms with E-state index in [1.54, 1.807) is 36.4 Å². The molecule has 2 rings (SSSR count). The topological polar surface area (TPSA) is 49.4 Å². The number of hydrogen-bond acceptors (Lipinski definition) is 4. The highest BCUT2D eigenvalue weighted by Gasteiger charge is 2.22. The van der Waals surface area contributed by atoms with Gasteiger partial charge in [-0.15, -0.1) is 0 Å². The molecule has 0 spiro atoms. The summed E-state index contributed by atoms with van der Waals surface area (Å²) in [7, 11) is 2.51. The highest BCUT2D eigenvalue weighted by atomic mass is 32.2. The molecule has 0 amide bonds. The van der Waals surface area contributed by atoms with Gasteiger partial charge in [-0.2, -0.15) is 0 Å². The van der Waals surface area contributed by atoms with E-state index in [4.69, 9.17) is 0 Å². The van der Waals surface area contributed by atoms with Crippen molar-refractivity contribution in [2.75, 3.05) is 21.1 Å². The Morgan fingerprint density at radius 3 is 1.91 bits per heavy atom. The van der Waals surface area contributed by atoms with Crippen molar-refractivity contribution >= 4 is 9.84 Å². The summed E-state index contributed by atoms with van der Waals surface area (Å²) >= 11 is 0. The zero-order valence-electron chi connectivity index (χ0n) is 14.0. The summed E-state index contributed by atoms with van der Waals surface area (Å²) in [6.07, 6.45) is 0. The molecule has 2 aromatic rings. The van der Waals surface area contributed by atoms with Gasteiger partial charge in [0.25, 0.3) is 0 Å². The minimum absolute atomic E-state index is 0.175. The molecule has 4 nitrogen and oxygen atoms in total. The molecule has 0 saturated carbocycles. The Morgan fingerprint density at radius 1 is 0.913 bits per heavy atom. The Hall–Kier alpha value is -1.69. The van der Waals surface area contributed by atoms with Crippen molar-refractivity contribution in [1.82, 2.24) is 10.2 Å². The fourth-order valence-electron chi connectivity index (χ4n) is 2.77. The third kappa shape index (κ3) is 3.80. The van der Waals surface area contributed by atoms with Gasteiger partial charge in [-0.05, 0) is 57.9 Å². The van der Waals surface area contributed by atoms with Crippen molar-refractivity contribution in [3.05, 3.63) is 60.2 Å². The Bertz CT molecular complexity index is 725. The van der Waals surface area contributed by atoms with Gasteiger partial charge in [0.1, 0.15) is 0 Å². The van der Waals surface area contributed by atoms with Crippen molar-refractivity contribution in [3.63, 3.8) is 0 Å². The molecule has 0 unspecified atom stereocenters. The predicted molar refractivity (Wildman–Crippen MR) is 93.3 cm³/mol. The van der Waals surface area contributed by atoms with Crippen LogP contribution in [0.2, 0.25) is 0 Å². The molecular weight excluding hydrogens is 308 g/mol. The standard InChI is InChI=1S/C18H24N2O2S/c1-14(19-2)18(20(3)4)15-10-12-17(13-11-15)23(21,22)16-8-6-5-7-9-16/h5-14,18-19H,1-4H3/t14-,18+/m0/s1. The average molecular weight is 332 g/mol. The van der Waals surface area contributed by atoms with E-state index >= 15 is 0 Å². The van der Waals surface area contributed by atoms with Gasteiger partial charge in [-0.25, -0.2) is 8.42 Å². The van der Waals surface area contributed by atoms with Crippen molar-refractivity contribution in [2.45, 2.75) is 28.8 Å². The number of likely N-dealkylation sites (N-methyl/N-ethyl adjacent to an activating group) is 2. The lowest BCUT2D eigenvalue weighted by atomic mass is 10.00. The van der Waals surface area contributed by atoms with Crippen LogP contribution in [0, 0.1) is 0 Å². The van der Waals surface area contributed by atoms with Crippen LogP contribution in [0.15, 0.2) is 64.4 Å². The molecule has 0 aliphatic heterocycles. The Balaban J connectivity index is 2.36. The van der Waals surface area contributed by atoms with E-state index in [-0.39, 0.29) is 12.1 Å². The number of rotatable bonds is 6. The van der Waals surface area contributed by atoms with Gasteiger partial charge in [0.15, 0.2) is 0 Å². The Kier molecular flexibility index (Phi) is 5.57. The normalized spacial score (nSPS) is 14.7. The molecule has 0 aliphatic rings. The predicted octanol–water partition coefficient (Wildman–Crippen LogP) is 2.73. The lowest BCUT2D eigenvalue weighted by Crippen LogP contribution is -2.37. The number of sulfone groups is 1. The van der Waals surface area contributed by atoms with E-state index in [1.165, 1.54) is 0 Å². The molecule has 1 N–H and O–H groups in total. The quantitative estimate of drug-likeness (QED) is 0.884. The SMILES string of the molecule is CN[C@@H](C)[C@H](c1ccc(S(=O)(=O)c2ccccc2)cc1)N(C)C. The largest absolute Gasteiger partial charge is 0.315 e. The fourth-order valence-corrected chi connectivity index (χ4v) is 4.05. The van der Waals surface area contributed by atoms with E-state index in [1.807, 2.05) is 39.3 Å². The molecule has 2 aromatic carbocycles. The van der Waals surface area contributed by atoms with Crippen molar-refractivity contribution < 1.29 is 8.42 Å². The maximum absolute atomic E-state index is 12.6. The number of nitrogens with one attached hydrogen (secondary N) is 1. The fraction of sp³-hybridized carbons (Fsp3) is 0.333.